The van der Waals surface area contributed by atoms with Gasteiger partial charge in [0.15, 0.2) is 5.82 Å². The number of carboxylic acid groups (broad SMARTS) is 1. The number of hydrogen-bond acceptors (Lipinski definition) is 5. The van der Waals surface area contributed by atoms with Gasteiger partial charge in [-0.25, -0.2) is 4.79 Å². The Kier molecular flexibility index (Phi) is 4.61. The number of rotatable bonds is 5. The van der Waals surface area contributed by atoms with Gasteiger partial charge in [0.05, 0.1) is 18.3 Å². The molecule has 3 N–H and O–H groups in total. The lowest BCUT2D eigenvalue weighted by molar-refractivity contribution is 0.0696. The van der Waals surface area contributed by atoms with Crippen molar-refractivity contribution in [1.29, 1.82) is 0 Å². The zero-order valence-corrected chi connectivity index (χ0v) is 11.1. The van der Waals surface area contributed by atoms with Gasteiger partial charge >= 0.3 is 5.97 Å². The smallest absolute Gasteiger partial charge is 0.339 e. The summed E-state index contributed by atoms with van der Waals surface area (Å²) in [7, 11) is 0. The van der Waals surface area contributed by atoms with Crippen molar-refractivity contribution in [2.45, 2.75) is 33.7 Å². The van der Waals surface area contributed by atoms with Gasteiger partial charge in [0.1, 0.15) is 5.56 Å². The monoisotopic (exact) mass is 253 g/mol. The Morgan fingerprint density at radius 2 is 1.94 bits per heavy atom. The van der Waals surface area contributed by atoms with Crippen LogP contribution < -0.4 is 5.32 Å². The van der Waals surface area contributed by atoms with E-state index in [2.05, 4.69) is 15.5 Å². The Bertz CT molecular complexity index is 446. The van der Waals surface area contributed by atoms with E-state index in [1.54, 1.807) is 13.8 Å². The lowest BCUT2D eigenvalue weighted by atomic mass is 10.0. The van der Waals surface area contributed by atoms with Gasteiger partial charge < -0.3 is 15.5 Å². The summed E-state index contributed by atoms with van der Waals surface area (Å²) in [5.74, 6) is -0.688. The average molecular weight is 253 g/mol. The van der Waals surface area contributed by atoms with Crippen LogP contribution in [0, 0.1) is 19.8 Å². The van der Waals surface area contributed by atoms with Gasteiger partial charge in [0.25, 0.3) is 0 Å². The number of nitrogens with zero attached hydrogens (tertiary/aromatic N) is 2. The van der Waals surface area contributed by atoms with Crippen LogP contribution in [0.4, 0.5) is 5.82 Å². The third-order valence-electron chi connectivity index (χ3n) is 2.99. The van der Waals surface area contributed by atoms with Crippen molar-refractivity contribution >= 4 is 11.8 Å². The van der Waals surface area contributed by atoms with Crippen LogP contribution >= 0.6 is 0 Å². The lowest BCUT2D eigenvalue weighted by Gasteiger charge is -2.21. The van der Waals surface area contributed by atoms with Crippen molar-refractivity contribution in [3.63, 3.8) is 0 Å². The van der Waals surface area contributed by atoms with E-state index in [0.29, 0.717) is 11.3 Å². The van der Waals surface area contributed by atoms with Crippen LogP contribution in [-0.2, 0) is 0 Å². The fourth-order valence-corrected chi connectivity index (χ4v) is 1.57. The molecule has 1 unspecified atom stereocenters. The molecule has 0 amide bonds. The standard InChI is InChI=1S/C12H19N3O3/c1-6(2)9(5-16)13-11-10(12(17)18)7(3)8(4)14-15-11/h6,9,16H,5H2,1-4H3,(H,13,15)(H,17,18). The first-order valence-corrected chi connectivity index (χ1v) is 5.83. The van der Waals surface area contributed by atoms with Crippen molar-refractivity contribution in [2.75, 3.05) is 11.9 Å². The Morgan fingerprint density at radius 3 is 2.39 bits per heavy atom. The summed E-state index contributed by atoms with van der Waals surface area (Å²) in [5.41, 5.74) is 1.28. The number of aliphatic hydroxyl groups excluding tert-OH is 1. The summed E-state index contributed by atoms with van der Waals surface area (Å²) >= 11 is 0. The number of carboxylic acids is 1. The molecule has 0 aliphatic carbocycles. The minimum absolute atomic E-state index is 0.0919. The predicted molar refractivity (Wildman–Crippen MR) is 67.8 cm³/mol. The molecule has 0 fully saturated rings. The van der Waals surface area contributed by atoms with Gasteiger partial charge in [-0.3, -0.25) is 0 Å². The number of anilines is 1. The molecular weight excluding hydrogens is 234 g/mol. The van der Waals surface area contributed by atoms with Gasteiger partial charge in [-0.2, -0.15) is 5.10 Å². The van der Waals surface area contributed by atoms with Crippen molar-refractivity contribution in [3.8, 4) is 0 Å². The summed E-state index contributed by atoms with van der Waals surface area (Å²) in [6.07, 6.45) is 0. The quantitative estimate of drug-likeness (QED) is 0.730. The highest BCUT2D eigenvalue weighted by Gasteiger charge is 2.21. The third-order valence-corrected chi connectivity index (χ3v) is 2.99. The molecule has 100 valence electrons. The Hall–Kier alpha value is -1.69. The molecule has 0 bridgehead atoms. The van der Waals surface area contributed by atoms with Crippen molar-refractivity contribution in [3.05, 3.63) is 16.8 Å². The van der Waals surface area contributed by atoms with Gasteiger partial charge in [0, 0.05) is 0 Å². The van der Waals surface area contributed by atoms with Crippen LogP contribution in [0.25, 0.3) is 0 Å². The minimum atomic E-state index is -1.05. The summed E-state index contributed by atoms with van der Waals surface area (Å²) in [4.78, 5) is 11.3. The number of nitrogens with one attached hydrogen (secondary N) is 1. The van der Waals surface area contributed by atoms with Crippen LogP contribution in [0.3, 0.4) is 0 Å². The molecule has 0 saturated heterocycles. The second-order valence-corrected chi connectivity index (χ2v) is 4.62. The third kappa shape index (κ3) is 2.95. The molecule has 6 heteroatoms. The van der Waals surface area contributed by atoms with Crippen LogP contribution in [0.2, 0.25) is 0 Å². The van der Waals surface area contributed by atoms with Crippen molar-refractivity contribution in [1.82, 2.24) is 10.2 Å². The molecule has 1 heterocycles. The number of aromatic nitrogens is 2. The second kappa shape index (κ2) is 5.77. The highest BCUT2D eigenvalue weighted by molar-refractivity contribution is 5.94. The summed E-state index contributed by atoms with van der Waals surface area (Å²) in [5, 5.41) is 29.2. The zero-order valence-electron chi connectivity index (χ0n) is 11.1. The first-order valence-electron chi connectivity index (χ1n) is 5.83. The fraction of sp³-hybridized carbons (Fsp3) is 0.583. The molecule has 18 heavy (non-hydrogen) atoms. The van der Waals surface area contributed by atoms with E-state index in [9.17, 15) is 15.0 Å². The molecule has 0 spiro atoms. The molecule has 1 atom stereocenters. The molecule has 1 rings (SSSR count). The highest BCUT2D eigenvalue weighted by atomic mass is 16.4. The SMILES string of the molecule is Cc1nnc(NC(CO)C(C)C)c(C(=O)O)c1C. The molecule has 0 aliphatic rings. The largest absolute Gasteiger partial charge is 0.478 e. The molecule has 0 aliphatic heterocycles. The van der Waals surface area contributed by atoms with Crippen LogP contribution in [0.1, 0.15) is 35.5 Å². The Labute approximate surface area is 106 Å². The Balaban J connectivity index is 3.16. The topological polar surface area (TPSA) is 95.3 Å². The second-order valence-electron chi connectivity index (χ2n) is 4.62. The van der Waals surface area contributed by atoms with Gasteiger partial charge in [-0.15, -0.1) is 5.10 Å². The molecule has 0 radical (unpaired) electrons. The van der Waals surface area contributed by atoms with Gasteiger partial charge in [0.2, 0.25) is 0 Å². The summed E-state index contributed by atoms with van der Waals surface area (Å²) in [6, 6.07) is -0.250. The Morgan fingerprint density at radius 1 is 1.33 bits per heavy atom. The van der Waals surface area contributed by atoms with Crippen LogP contribution in [0.5, 0.6) is 0 Å². The first kappa shape index (κ1) is 14.4. The van der Waals surface area contributed by atoms with E-state index in [0.717, 1.165) is 0 Å². The highest BCUT2D eigenvalue weighted by Crippen LogP contribution is 2.20. The van der Waals surface area contributed by atoms with E-state index in [-0.39, 0.29) is 29.9 Å². The van der Waals surface area contributed by atoms with E-state index in [1.165, 1.54) is 0 Å². The van der Waals surface area contributed by atoms with E-state index >= 15 is 0 Å². The fourth-order valence-electron chi connectivity index (χ4n) is 1.57. The molecular formula is C12H19N3O3. The maximum Gasteiger partial charge on any atom is 0.339 e. The summed E-state index contributed by atoms with van der Waals surface area (Å²) < 4.78 is 0. The zero-order chi connectivity index (χ0) is 13.9. The number of aryl methyl sites for hydroxylation is 1. The van der Waals surface area contributed by atoms with E-state index in [4.69, 9.17) is 0 Å². The number of aliphatic hydroxyl groups is 1. The average Bonchev–Trinajstić information content (AvgIpc) is 2.29. The van der Waals surface area contributed by atoms with Crippen molar-refractivity contribution < 1.29 is 15.0 Å². The molecule has 0 saturated carbocycles. The van der Waals surface area contributed by atoms with E-state index < -0.39 is 5.97 Å². The number of carbonyl (C=O) groups is 1. The summed E-state index contributed by atoms with van der Waals surface area (Å²) in [6.45, 7) is 7.18. The van der Waals surface area contributed by atoms with Gasteiger partial charge in [-0.1, -0.05) is 13.8 Å². The number of hydrogen-bond donors (Lipinski definition) is 3. The van der Waals surface area contributed by atoms with Crippen LogP contribution in [0.15, 0.2) is 0 Å². The van der Waals surface area contributed by atoms with Gasteiger partial charge in [-0.05, 0) is 25.3 Å². The normalized spacial score (nSPS) is 12.6. The predicted octanol–water partition coefficient (Wildman–Crippen LogP) is 1.22. The first-order chi connectivity index (χ1) is 8.38. The van der Waals surface area contributed by atoms with Crippen molar-refractivity contribution in [2.24, 2.45) is 5.92 Å². The van der Waals surface area contributed by atoms with E-state index in [1.807, 2.05) is 13.8 Å². The molecule has 6 nitrogen and oxygen atoms in total. The van der Waals surface area contributed by atoms with Crippen LogP contribution in [-0.4, -0.2) is 39.0 Å². The molecule has 1 aromatic heterocycles. The maximum absolute atomic E-state index is 11.3. The lowest BCUT2D eigenvalue weighted by Crippen LogP contribution is -2.31. The molecule has 1 aromatic rings. The molecule has 0 aromatic carbocycles. The minimum Gasteiger partial charge on any atom is -0.478 e. The number of aromatic carboxylic acids is 1. The maximum atomic E-state index is 11.3.